The first-order valence-electron chi connectivity index (χ1n) is 8.06. The van der Waals surface area contributed by atoms with Crippen LogP contribution in [-0.2, 0) is 10.5 Å². The quantitative estimate of drug-likeness (QED) is 0.475. The van der Waals surface area contributed by atoms with E-state index in [-0.39, 0.29) is 11.5 Å². The van der Waals surface area contributed by atoms with E-state index >= 15 is 0 Å². The van der Waals surface area contributed by atoms with Gasteiger partial charge >= 0.3 is 0 Å². The molecule has 0 fully saturated rings. The van der Waals surface area contributed by atoms with Crippen molar-refractivity contribution in [1.82, 2.24) is 9.38 Å². The molecule has 1 amide bonds. The second kappa shape index (κ2) is 8.75. The van der Waals surface area contributed by atoms with Gasteiger partial charge in [-0.25, -0.2) is 4.98 Å². The van der Waals surface area contributed by atoms with Crippen LogP contribution in [0, 0.1) is 6.92 Å². The van der Waals surface area contributed by atoms with Crippen LogP contribution in [0.5, 0.6) is 0 Å². The number of aromatic nitrogens is 2. The zero-order valence-corrected chi connectivity index (χ0v) is 17.0. The fourth-order valence-electron chi connectivity index (χ4n) is 2.48. The van der Waals surface area contributed by atoms with Gasteiger partial charge in [-0.15, -0.1) is 23.1 Å². The summed E-state index contributed by atoms with van der Waals surface area (Å²) in [4.78, 5) is 30.6. The van der Waals surface area contributed by atoms with Crippen LogP contribution < -0.4 is 10.9 Å². The number of hydrogen-bond donors (Lipinski definition) is 1. The second-order valence-corrected chi connectivity index (χ2v) is 8.42. The number of aryl methyl sites for hydroxylation is 1. The van der Waals surface area contributed by atoms with Crippen LogP contribution in [0.2, 0.25) is 0 Å². The Morgan fingerprint density at radius 1 is 1.35 bits per heavy atom. The number of nitrogens with zero attached hydrogens (tertiary/aromatic N) is 2. The van der Waals surface area contributed by atoms with Crippen LogP contribution >= 0.6 is 34.9 Å². The van der Waals surface area contributed by atoms with E-state index in [0.29, 0.717) is 17.9 Å². The monoisotopic (exact) mass is 405 g/mol. The van der Waals surface area contributed by atoms with Gasteiger partial charge in [0.25, 0.3) is 5.56 Å². The summed E-state index contributed by atoms with van der Waals surface area (Å²) in [6, 6.07) is 9.35. The third kappa shape index (κ3) is 4.49. The molecule has 0 aliphatic heterocycles. The van der Waals surface area contributed by atoms with Crippen molar-refractivity contribution in [3.63, 3.8) is 0 Å². The first-order valence-corrected chi connectivity index (χ1v) is 11.3. The zero-order valence-electron chi connectivity index (χ0n) is 14.5. The number of thioether (sulfide) groups is 2. The Morgan fingerprint density at radius 2 is 2.15 bits per heavy atom. The van der Waals surface area contributed by atoms with E-state index in [4.69, 9.17) is 0 Å². The minimum atomic E-state index is -0.0456. The molecule has 136 valence electrons. The minimum Gasteiger partial charge on any atom is -0.325 e. The van der Waals surface area contributed by atoms with Crippen LogP contribution in [0.1, 0.15) is 17.8 Å². The van der Waals surface area contributed by atoms with E-state index in [9.17, 15) is 9.59 Å². The zero-order chi connectivity index (χ0) is 18.5. The predicted molar refractivity (Wildman–Crippen MR) is 112 cm³/mol. The molecule has 0 saturated carbocycles. The maximum atomic E-state index is 12.1. The van der Waals surface area contributed by atoms with Crippen LogP contribution in [0.4, 0.5) is 5.69 Å². The highest BCUT2D eigenvalue weighted by Gasteiger charge is 2.08. The van der Waals surface area contributed by atoms with Gasteiger partial charge in [-0.05, 0) is 25.3 Å². The molecule has 0 aliphatic carbocycles. The van der Waals surface area contributed by atoms with Crippen molar-refractivity contribution in [2.45, 2.75) is 24.0 Å². The molecular formula is C18H19N3O2S3. The summed E-state index contributed by atoms with van der Waals surface area (Å²) in [7, 11) is 0. The Hall–Kier alpha value is -1.77. The number of rotatable bonds is 7. The highest BCUT2D eigenvalue weighted by atomic mass is 32.2. The molecule has 1 aromatic carbocycles. The molecule has 0 bridgehead atoms. The number of amides is 1. The molecule has 2 heterocycles. The number of fused-ring (bicyclic) bond motifs is 1. The Morgan fingerprint density at radius 3 is 2.96 bits per heavy atom. The van der Waals surface area contributed by atoms with Crippen molar-refractivity contribution in [3.05, 3.63) is 57.5 Å². The van der Waals surface area contributed by atoms with Crippen LogP contribution in [0.25, 0.3) is 4.96 Å². The van der Waals surface area contributed by atoms with E-state index in [0.717, 1.165) is 26.9 Å². The molecular weight excluding hydrogens is 386 g/mol. The first kappa shape index (κ1) is 19.0. The van der Waals surface area contributed by atoms with Gasteiger partial charge in [0.2, 0.25) is 5.91 Å². The van der Waals surface area contributed by atoms with Crippen LogP contribution in [0.15, 0.2) is 45.4 Å². The fourth-order valence-corrected chi connectivity index (χ4v) is 4.75. The summed E-state index contributed by atoms with van der Waals surface area (Å²) < 4.78 is 1.62. The molecule has 1 N–H and O–H groups in total. The van der Waals surface area contributed by atoms with Crippen molar-refractivity contribution in [1.29, 1.82) is 0 Å². The normalized spacial score (nSPS) is 11.0. The lowest BCUT2D eigenvalue weighted by molar-refractivity contribution is -0.115. The summed E-state index contributed by atoms with van der Waals surface area (Å²) in [5.41, 5.74) is 2.47. The molecule has 0 unspecified atom stereocenters. The lowest BCUT2D eigenvalue weighted by atomic mass is 10.3. The highest BCUT2D eigenvalue weighted by molar-refractivity contribution is 7.98. The molecule has 8 heteroatoms. The van der Waals surface area contributed by atoms with E-state index in [1.165, 1.54) is 11.3 Å². The number of thiazole rings is 1. The predicted octanol–water partition coefficient (Wildman–Crippen LogP) is 4.05. The number of carbonyl (C=O) groups is 1. The van der Waals surface area contributed by atoms with Crippen molar-refractivity contribution >= 4 is 51.4 Å². The molecule has 3 aromatic rings. The van der Waals surface area contributed by atoms with Crippen molar-refractivity contribution < 1.29 is 4.79 Å². The van der Waals surface area contributed by atoms with E-state index in [2.05, 4.69) is 10.3 Å². The molecule has 0 spiro atoms. The number of para-hydroxylation sites is 1. The Labute approximate surface area is 164 Å². The molecule has 0 atom stereocenters. The standard InChI is InChI=1S/C18H19N3O2S3/c1-12-10-26-18-19-13(9-17(23)21(12)18)11-25-8-7-16(22)20-14-5-3-4-6-15(14)24-2/h3-6,9-10H,7-8,11H2,1-2H3,(H,20,22). The van der Waals surface area contributed by atoms with Crippen molar-refractivity contribution in [3.8, 4) is 0 Å². The number of nitrogens with one attached hydrogen (secondary N) is 1. The van der Waals surface area contributed by atoms with Crippen LogP contribution in [0.3, 0.4) is 0 Å². The molecule has 5 nitrogen and oxygen atoms in total. The molecule has 0 radical (unpaired) electrons. The lowest BCUT2D eigenvalue weighted by Crippen LogP contribution is -2.15. The molecule has 26 heavy (non-hydrogen) atoms. The largest absolute Gasteiger partial charge is 0.325 e. The van der Waals surface area contributed by atoms with Gasteiger partial charge in [0.05, 0.1) is 11.4 Å². The Balaban J connectivity index is 1.51. The Bertz CT molecular complexity index is 981. The van der Waals surface area contributed by atoms with Gasteiger partial charge in [0.1, 0.15) is 0 Å². The van der Waals surface area contributed by atoms with E-state index in [1.54, 1.807) is 34.0 Å². The average Bonchev–Trinajstić information content (AvgIpc) is 3.00. The van der Waals surface area contributed by atoms with Crippen LogP contribution in [-0.4, -0.2) is 27.3 Å². The number of carbonyl (C=O) groups excluding carboxylic acids is 1. The van der Waals surface area contributed by atoms with Gasteiger partial charge in [0, 0.05) is 40.0 Å². The molecule has 3 rings (SSSR count). The van der Waals surface area contributed by atoms with Gasteiger partial charge in [-0.3, -0.25) is 14.0 Å². The molecule has 2 aromatic heterocycles. The number of benzene rings is 1. The smallest absolute Gasteiger partial charge is 0.258 e. The lowest BCUT2D eigenvalue weighted by Gasteiger charge is -2.09. The fraction of sp³-hybridized carbons (Fsp3) is 0.278. The SMILES string of the molecule is CSc1ccccc1NC(=O)CCSCc1cc(=O)n2c(C)csc2n1. The van der Waals surface area contributed by atoms with Gasteiger partial charge < -0.3 is 5.32 Å². The van der Waals surface area contributed by atoms with E-state index < -0.39 is 0 Å². The minimum absolute atomic E-state index is 0.00337. The maximum Gasteiger partial charge on any atom is 0.258 e. The molecule has 0 saturated heterocycles. The average molecular weight is 406 g/mol. The van der Waals surface area contributed by atoms with Gasteiger partial charge in [-0.1, -0.05) is 12.1 Å². The van der Waals surface area contributed by atoms with Crippen molar-refractivity contribution in [2.75, 3.05) is 17.3 Å². The number of anilines is 1. The number of hydrogen-bond acceptors (Lipinski definition) is 6. The topological polar surface area (TPSA) is 63.5 Å². The summed E-state index contributed by atoms with van der Waals surface area (Å²) in [6.07, 6.45) is 2.41. The maximum absolute atomic E-state index is 12.1. The van der Waals surface area contributed by atoms with E-state index in [1.807, 2.05) is 42.8 Å². The third-order valence-corrected chi connectivity index (χ3v) is 6.47. The summed E-state index contributed by atoms with van der Waals surface area (Å²) in [5.74, 6) is 1.30. The van der Waals surface area contributed by atoms with Crippen molar-refractivity contribution in [2.24, 2.45) is 0 Å². The van der Waals surface area contributed by atoms with Gasteiger partial charge in [0.15, 0.2) is 4.96 Å². The van der Waals surface area contributed by atoms with Gasteiger partial charge in [-0.2, -0.15) is 11.8 Å². The highest BCUT2D eigenvalue weighted by Crippen LogP contribution is 2.24. The summed E-state index contributed by atoms with van der Waals surface area (Å²) in [5, 5.41) is 4.88. The molecule has 0 aliphatic rings. The Kier molecular flexibility index (Phi) is 6.39. The summed E-state index contributed by atoms with van der Waals surface area (Å²) in [6.45, 7) is 1.90. The second-order valence-electron chi connectivity index (χ2n) is 5.63. The summed E-state index contributed by atoms with van der Waals surface area (Å²) >= 11 is 4.68. The third-order valence-electron chi connectivity index (χ3n) is 3.73. The first-order chi connectivity index (χ1) is 12.6.